The normalized spacial score (nSPS) is 10.7. The first kappa shape index (κ1) is 22.9. The van der Waals surface area contributed by atoms with Gasteiger partial charge in [0.2, 0.25) is 0 Å². The van der Waals surface area contributed by atoms with Crippen molar-refractivity contribution in [3.8, 4) is 0 Å². The van der Waals surface area contributed by atoms with Crippen LogP contribution in [0.3, 0.4) is 0 Å². The molecule has 28 heavy (non-hydrogen) atoms. The van der Waals surface area contributed by atoms with E-state index in [1.807, 2.05) is 0 Å². The van der Waals surface area contributed by atoms with E-state index in [0.29, 0.717) is 6.42 Å². The number of ether oxygens (including phenoxy) is 2. The van der Waals surface area contributed by atoms with Gasteiger partial charge < -0.3 is 20.1 Å². The number of alkyl halides is 3. The molecule has 1 rings (SSSR count). The Hall–Kier alpha value is -3.11. The number of carbonyl (C=O) groups excluding carboxylic acids is 4. The predicted octanol–water partition coefficient (Wildman–Crippen LogP) is 1.05. The lowest BCUT2D eigenvalue weighted by molar-refractivity contribution is -0.147. The quantitative estimate of drug-likeness (QED) is 0.470. The summed E-state index contributed by atoms with van der Waals surface area (Å²) in [4.78, 5) is 45.6. The SMILES string of the molecule is COC(=O)CCCNC(=O)COC(=O)CNC(=O)c1ccc(C(F)(F)F)cc1. The maximum Gasteiger partial charge on any atom is 0.416 e. The highest BCUT2D eigenvalue weighted by Gasteiger charge is 2.30. The fourth-order valence-corrected chi connectivity index (χ4v) is 1.88. The maximum absolute atomic E-state index is 12.5. The van der Waals surface area contributed by atoms with Crippen molar-refractivity contribution in [1.82, 2.24) is 10.6 Å². The van der Waals surface area contributed by atoms with Crippen molar-refractivity contribution in [2.45, 2.75) is 19.0 Å². The molecular formula is C17H19F3N2O6. The third kappa shape index (κ3) is 8.52. The van der Waals surface area contributed by atoms with Gasteiger partial charge in [0.15, 0.2) is 6.61 Å². The number of nitrogens with one attached hydrogen (secondary N) is 2. The molecule has 0 radical (unpaired) electrons. The summed E-state index contributed by atoms with van der Waals surface area (Å²) in [5, 5.41) is 4.60. The molecule has 0 atom stereocenters. The van der Waals surface area contributed by atoms with E-state index in [2.05, 4.69) is 20.1 Å². The van der Waals surface area contributed by atoms with E-state index in [1.165, 1.54) is 7.11 Å². The third-order valence-corrected chi connectivity index (χ3v) is 3.34. The number of hydrogen-bond acceptors (Lipinski definition) is 6. The molecule has 0 heterocycles. The summed E-state index contributed by atoms with van der Waals surface area (Å²) in [5.74, 6) is -2.67. The monoisotopic (exact) mass is 404 g/mol. The van der Waals surface area contributed by atoms with Crippen molar-refractivity contribution in [2.24, 2.45) is 0 Å². The van der Waals surface area contributed by atoms with E-state index in [0.717, 1.165) is 24.3 Å². The first-order chi connectivity index (χ1) is 13.1. The fourth-order valence-electron chi connectivity index (χ4n) is 1.88. The molecule has 2 N–H and O–H groups in total. The zero-order valence-corrected chi connectivity index (χ0v) is 14.9. The Morgan fingerprint density at radius 3 is 2.21 bits per heavy atom. The largest absolute Gasteiger partial charge is 0.469 e. The highest BCUT2D eigenvalue weighted by molar-refractivity contribution is 5.96. The molecule has 1 aromatic rings. The second-order valence-electron chi connectivity index (χ2n) is 5.45. The molecule has 1 aromatic carbocycles. The summed E-state index contributed by atoms with van der Waals surface area (Å²) in [6.45, 7) is -0.946. The van der Waals surface area contributed by atoms with Crippen LogP contribution in [0.15, 0.2) is 24.3 Å². The number of esters is 2. The van der Waals surface area contributed by atoms with Crippen molar-refractivity contribution >= 4 is 23.8 Å². The Bertz CT molecular complexity index is 704. The average Bonchev–Trinajstić information content (AvgIpc) is 2.66. The first-order valence-corrected chi connectivity index (χ1v) is 8.08. The number of hydrogen-bond donors (Lipinski definition) is 2. The van der Waals surface area contributed by atoms with Gasteiger partial charge in [-0.1, -0.05) is 0 Å². The molecule has 0 aliphatic carbocycles. The minimum absolute atomic E-state index is 0.0656. The summed E-state index contributed by atoms with van der Waals surface area (Å²) in [6, 6.07) is 3.45. The zero-order valence-electron chi connectivity index (χ0n) is 14.9. The Labute approximate surface area is 158 Å². The lowest BCUT2D eigenvalue weighted by atomic mass is 10.1. The van der Waals surface area contributed by atoms with Crippen molar-refractivity contribution in [3.63, 3.8) is 0 Å². The average molecular weight is 404 g/mol. The molecule has 8 nitrogen and oxygen atoms in total. The summed E-state index contributed by atoms with van der Waals surface area (Å²) in [5.41, 5.74) is -0.967. The van der Waals surface area contributed by atoms with Crippen molar-refractivity contribution in [1.29, 1.82) is 0 Å². The van der Waals surface area contributed by atoms with E-state index in [-0.39, 0.29) is 18.5 Å². The van der Waals surface area contributed by atoms with Crippen LogP contribution in [0, 0.1) is 0 Å². The molecule has 0 aromatic heterocycles. The first-order valence-electron chi connectivity index (χ1n) is 8.08. The summed E-state index contributed by atoms with van der Waals surface area (Å²) >= 11 is 0. The highest BCUT2D eigenvalue weighted by atomic mass is 19.4. The van der Waals surface area contributed by atoms with E-state index in [9.17, 15) is 32.3 Å². The molecule has 0 unspecified atom stereocenters. The van der Waals surface area contributed by atoms with E-state index in [4.69, 9.17) is 0 Å². The number of carbonyl (C=O) groups is 4. The predicted molar refractivity (Wildman–Crippen MR) is 89.0 cm³/mol. The molecule has 0 aliphatic rings. The van der Waals surface area contributed by atoms with Gasteiger partial charge in [-0.25, -0.2) is 0 Å². The van der Waals surface area contributed by atoms with E-state index >= 15 is 0 Å². The smallest absolute Gasteiger partial charge is 0.416 e. The molecule has 0 saturated carbocycles. The van der Waals surface area contributed by atoms with Crippen LogP contribution >= 0.6 is 0 Å². The Kier molecular flexibility index (Phi) is 8.93. The summed E-state index contributed by atoms with van der Waals surface area (Å²) in [7, 11) is 1.25. The van der Waals surface area contributed by atoms with Gasteiger partial charge in [-0.3, -0.25) is 19.2 Å². The maximum atomic E-state index is 12.5. The molecule has 0 fully saturated rings. The lowest BCUT2D eigenvalue weighted by Gasteiger charge is -2.09. The molecule has 0 aliphatic heterocycles. The Morgan fingerprint density at radius 1 is 1.00 bits per heavy atom. The van der Waals surface area contributed by atoms with Crippen LogP contribution in [0.25, 0.3) is 0 Å². The molecule has 11 heteroatoms. The molecule has 0 saturated heterocycles. The van der Waals surface area contributed by atoms with Gasteiger partial charge in [0.05, 0.1) is 12.7 Å². The number of amides is 2. The third-order valence-electron chi connectivity index (χ3n) is 3.34. The van der Waals surface area contributed by atoms with Gasteiger partial charge in [-0.05, 0) is 30.7 Å². The molecular weight excluding hydrogens is 385 g/mol. The van der Waals surface area contributed by atoms with Crippen LogP contribution in [0.1, 0.15) is 28.8 Å². The number of methoxy groups -OCH3 is 1. The minimum atomic E-state index is -4.52. The molecule has 2 amide bonds. The second-order valence-corrected chi connectivity index (χ2v) is 5.45. The Morgan fingerprint density at radius 2 is 1.64 bits per heavy atom. The van der Waals surface area contributed by atoms with Crippen LogP contribution in [0.5, 0.6) is 0 Å². The van der Waals surface area contributed by atoms with Gasteiger partial charge in [-0.15, -0.1) is 0 Å². The van der Waals surface area contributed by atoms with Crippen molar-refractivity contribution < 1.29 is 41.8 Å². The second kappa shape index (κ2) is 10.9. The number of rotatable bonds is 9. The van der Waals surface area contributed by atoms with E-state index in [1.54, 1.807) is 0 Å². The molecule has 154 valence electrons. The fraction of sp³-hybridized carbons (Fsp3) is 0.412. The number of benzene rings is 1. The van der Waals surface area contributed by atoms with Crippen LogP contribution in [0.2, 0.25) is 0 Å². The van der Waals surface area contributed by atoms with E-state index < -0.39 is 48.6 Å². The zero-order chi connectivity index (χ0) is 21.2. The lowest BCUT2D eigenvalue weighted by Crippen LogP contribution is -2.34. The topological polar surface area (TPSA) is 111 Å². The van der Waals surface area contributed by atoms with Crippen LogP contribution in [-0.2, 0) is 30.0 Å². The van der Waals surface area contributed by atoms with Crippen LogP contribution in [0.4, 0.5) is 13.2 Å². The van der Waals surface area contributed by atoms with Gasteiger partial charge in [-0.2, -0.15) is 13.2 Å². The van der Waals surface area contributed by atoms with Gasteiger partial charge in [0.1, 0.15) is 6.54 Å². The van der Waals surface area contributed by atoms with Crippen LogP contribution < -0.4 is 10.6 Å². The standard InChI is InChI=1S/C17H19F3N2O6/c1-27-14(24)3-2-8-21-13(23)10-28-15(25)9-22-16(26)11-4-6-12(7-5-11)17(18,19)20/h4-7H,2-3,8-10H2,1H3,(H,21,23)(H,22,26). The van der Waals surface area contributed by atoms with Crippen LogP contribution in [-0.4, -0.2) is 50.6 Å². The van der Waals surface area contributed by atoms with Gasteiger partial charge in [0.25, 0.3) is 11.8 Å². The minimum Gasteiger partial charge on any atom is -0.469 e. The highest BCUT2D eigenvalue weighted by Crippen LogP contribution is 2.28. The van der Waals surface area contributed by atoms with Crippen molar-refractivity contribution in [3.05, 3.63) is 35.4 Å². The Balaban J connectivity index is 2.27. The molecule has 0 spiro atoms. The molecule has 0 bridgehead atoms. The summed E-state index contributed by atoms with van der Waals surface area (Å²) < 4.78 is 46.5. The number of halogens is 3. The van der Waals surface area contributed by atoms with Gasteiger partial charge >= 0.3 is 18.1 Å². The summed E-state index contributed by atoms with van der Waals surface area (Å²) in [6.07, 6.45) is -4.03. The van der Waals surface area contributed by atoms with Gasteiger partial charge in [0, 0.05) is 18.5 Å². The van der Waals surface area contributed by atoms with Crippen molar-refractivity contribution in [2.75, 3.05) is 26.8 Å².